The number of methoxy groups -OCH3 is 5. The number of benzene rings is 5. The molecule has 33 nitrogen and oxygen atoms in total. The maximum atomic E-state index is 12.0. The van der Waals surface area contributed by atoms with Crippen molar-refractivity contribution < 1.29 is 52.6 Å². The number of nitrogens with one attached hydrogen (secondary N) is 3. The van der Waals surface area contributed by atoms with Crippen LogP contribution in [0.1, 0.15) is 19.3 Å². The van der Waals surface area contributed by atoms with E-state index in [1.165, 1.54) is 33.5 Å². The highest BCUT2D eigenvalue weighted by Crippen LogP contribution is 2.21. The Morgan fingerprint density at radius 1 is 0.462 bits per heavy atom. The number of piperidine rings is 1. The summed E-state index contributed by atoms with van der Waals surface area (Å²) in [5.74, 6) is 3.97. The van der Waals surface area contributed by atoms with Gasteiger partial charge < -0.3 is 85.9 Å². The summed E-state index contributed by atoms with van der Waals surface area (Å²) in [7, 11) is 11.7. The van der Waals surface area contributed by atoms with E-state index in [9.17, 15) is 26.0 Å². The van der Waals surface area contributed by atoms with Crippen LogP contribution in [0.15, 0.2) is 91.0 Å². The Kier molecular flexibility index (Phi) is 24.1. The van der Waals surface area contributed by atoms with Crippen molar-refractivity contribution in [3.63, 3.8) is 0 Å². The zero-order valence-corrected chi connectivity index (χ0v) is 52.0. The average molecular weight is 1280 g/mol. The van der Waals surface area contributed by atoms with Gasteiger partial charge in [-0.3, -0.25) is 4.90 Å². The van der Waals surface area contributed by atoms with Gasteiger partial charge in [-0.05, 0) is 137 Å². The number of ether oxygens (including phenoxy) is 6. The van der Waals surface area contributed by atoms with Gasteiger partial charge in [-0.2, -0.15) is 0 Å². The summed E-state index contributed by atoms with van der Waals surface area (Å²) in [6.07, 6.45) is 3.88. The monoisotopic (exact) mass is 1270 g/mol. The third kappa shape index (κ3) is 19.1. The molecule has 0 amide bonds. The number of likely N-dealkylation sites (N-methyl/N-ethyl adjacent to an activating group) is 1. The summed E-state index contributed by atoms with van der Waals surface area (Å²) in [6, 6.07) is 25.3. The molecule has 2 saturated heterocycles. The van der Waals surface area contributed by atoms with Crippen LogP contribution in [0.3, 0.4) is 0 Å². The van der Waals surface area contributed by atoms with Crippen LogP contribution in [0.4, 0.5) is 23.8 Å². The summed E-state index contributed by atoms with van der Waals surface area (Å²) < 4.78 is 30.5. The standard InChI is InChI=1S/C15H21N5O2.C14H19N5O3.C12H17N5O2.C8H6ClN3O2.C8H8N4O2/c1-22-12-5-6-13-14(11-12)20(21)18-15(17-13)16-7-10-19-8-3-2-4-9-19;1-21-11-2-3-12-13(10-11)19(20)17-14(16-12)15-4-5-18-6-8-22-9-7-18;1-16(2)7-6-13-12-14-10-5-4-9(19-3)8-11(10)17(18)15-12;2*1-14-5-2-3-6-7(4-5)12(13)11-8(9)10-6/h5-6,11H,2-4,7-10H2,1H3,(H,16,17,18);2-3,10H,4-9H2,1H3,(H,15,16,17);4-5,8H,6-7H2,1-3H3,(H,13,14,15);2-4H,1H3;2-4H,1H3,(H2,9,10,11). The van der Waals surface area contributed by atoms with E-state index in [1.807, 2.05) is 19.0 Å². The Morgan fingerprint density at radius 2 is 0.791 bits per heavy atom. The molecule has 482 valence electrons. The SMILES string of the molecule is COc1ccc2nc(Cl)n[n+]([O-])c2c1.COc1ccc2nc(N)n[n+]([O-])c2c1.COc1ccc2nc(NCCN(C)C)n[n+]([O-])c2c1.COc1ccc2nc(NCCN3CCCCC3)n[n+]([O-])c2c1.COc1ccc2nc(NCCN3CCOCC3)n[n+]([O-])c2c1. The van der Waals surface area contributed by atoms with Crippen LogP contribution in [0, 0.1) is 26.0 Å². The lowest BCUT2D eigenvalue weighted by molar-refractivity contribution is -0.643. The van der Waals surface area contributed by atoms with E-state index in [1.54, 1.807) is 112 Å². The second-order valence-corrected chi connectivity index (χ2v) is 20.6. The first-order valence-electron chi connectivity index (χ1n) is 28.6. The largest absolute Gasteiger partial charge is 0.594 e. The number of hydrogen-bond acceptors (Lipinski definition) is 28. The molecule has 5 N–H and O–H groups in total. The fourth-order valence-corrected chi connectivity index (χ4v) is 9.20. The molecule has 12 rings (SSSR count). The zero-order chi connectivity index (χ0) is 64.8. The van der Waals surface area contributed by atoms with Gasteiger partial charge in [0.15, 0.2) is 0 Å². The van der Waals surface area contributed by atoms with E-state index < -0.39 is 0 Å². The quantitative estimate of drug-likeness (QED) is 0.0750. The lowest BCUT2D eigenvalue weighted by Gasteiger charge is -2.26. The first kappa shape index (κ1) is 66.7. The average Bonchev–Trinajstić information content (AvgIpc) is 1.26. The minimum atomic E-state index is -0.0716. The van der Waals surface area contributed by atoms with Gasteiger partial charge in [0.05, 0.1) is 99.5 Å². The number of nitrogens with zero attached hydrogens (tertiary/aromatic N) is 18. The van der Waals surface area contributed by atoms with Crippen molar-refractivity contribution in [2.45, 2.75) is 19.3 Å². The summed E-state index contributed by atoms with van der Waals surface area (Å²) >= 11 is 5.52. The first-order chi connectivity index (χ1) is 44.0. The number of nitrogens with two attached hydrogens (primary N) is 1. The maximum Gasteiger partial charge on any atom is 0.290 e. The molecule has 91 heavy (non-hydrogen) atoms. The minimum absolute atomic E-state index is 0.0438. The van der Waals surface area contributed by atoms with Crippen molar-refractivity contribution in [3.05, 3.63) is 122 Å². The molecular weight excluding hydrogens is 1200 g/mol. The molecule has 0 spiro atoms. The first-order valence-corrected chi connectivity index (χ1v) is 29.0. The fraction of sp³-hybridized carbons (Fsp3) is 0.386. The Bertz CT molecular complexity index is 3820. The van der Waals surface area contributed by atoms with Crippen LogP contribution in [0.25, 0.3) is 55.2 Å². The molecule has 0 aliphatic carbocycles. The molecular formula is C57H71ClN22O11. The van der Waals surface area contributed by atoms with Crippen LogP contribution in [-0.4, -0.2) is 193 Å². The van der Waals surface area contributed by atoms with Gasteiger partial charge in [-0.15, -0.1) is 0 Å². The third-order valence-electron chi connectivity index (χ3n) is 13.8. The highest BCUT2D eigenvalue weighted by molar-refractivity contribution is 6.28. The molecule has 5 aromatic heterocycles. The topological polar surface area (TPSA) is 391 Å². The Balaban J connectivity index is 0.000000148. The van der Waals surface area contributed by atoms with Gasteiger partial charge in [0.2, 0.25) is 0 Å². The van der Waals surface area contributed by atoms with Crippen molar-refractivity contribution in [1.29, 1.82) is 0 Å². The molecule has 7 heterocycles. The molecule has 2 fully saturated rings. The van der Waals surface area contributed by atoms with Crippen LogP contribution >= 0.6 is 11.6 Å². The smallest absolute Gasteiger partial charge is 0.290 e. The van der Waals surface area contributed by atoms with Crippen molar-refractivity contribution in [2.75, 3.05) is 150 Å². The van der Waals surface area contributed by atoms with Crippen LogP contribution < -0.4 is 69.6 Å². The lowest BCUT2D eigenvalue weighted by Crippen LogP contribution is -2.39. The molecule has 0 unspecified atom stereocenters. The molecule has 2 aliphatic heterocycles. The number of rotatable bonds is 17. The highest BCUT2D eigenvalue weighted by atomic mass is 35.5. The predicted octanol–water partition coefficient (Wildman–Crippen LogP) is 2.21. The normalized spacial score (nSPS) is 13.2. The van der Waals surface area contributed by atoms with E-state index in [0.29, 0.717) is 139 Å². The molecule has 0 atom stereocenters. The van der Waals surface area contributed by atoms with Crippen molar-refractivity contribution in [2.24, 2.45) is 0 Å². The summed E-state index contributed by atoms with van der Waals surface area (Å²) in [5.41, 5.74) is 9.91. The summed E-state index contributed by atoms with van der Waals surface area (Å²) in [5, 5.41) is 86.1. The number of morpholine rings is 1. The Labute approximate surface area is 526 Å². The van der Waals surface area contributed by atoms with E-state index in [0.717, 1.165) is 65.6 Å². The van der Waals surface area contributed by atoms with Crippen LogP contribution in [-0.2, 0) is 4.74 Å². The summed E-state index contributed by atoms with van der Waals surface area (Å²) in [4.78, 5) is 30.1. The van der Waals surface area contributed by atoms with Crippen molar-refractivity contribution in [3.8, 4) is 28.7 Å². The van der Waals surface area contributed by atoms with Crippen LogP contribution in [0.5, 0.6) is 28.7 Å². The van der Waals surface area contributed by atoms with E-state index in [-0.39, 0.29) is 11.2 Å². The van der Waals surface area contributed by atoms with Gasteiger partial charge in [0.25, 0.3) is 56.7 Å². The molecule has 34 heteroatoms. The molecule has 2 aliphatic rings. The second-order valence-electron chi connectivity index (χ2n) is 20.2. The minimum Gasteiger partial charge on any atom is -0.594 e. The van der Waals surface area contributed by atoms with E-state index in [2.05, 4.69) is 76.2 Å². The summed E-state index contributed by atoms with van der Waals surface area (Å²) in [6.45, 7) is 10.5. The molecule has 0 saturated carbocycles. The number of anilines is 4. The van der Waals surface area contributed by atoms with Crippen LogP contribution in [0.2, 0.25) is 5.28 Å². The molecule has 0 radical (unpaired) electrons. The lowest BCUT2D eigenvalue weighted by atomic mass is 10.1. The van der Waals surface area contributed by atoms with Gasteiger partial charge in [-0.25, -0.2) is 24.9 Å². The number of nitrogen functional groups attached to an aromatic ring is 1. The number of likely N-dealkylation sites (tertiary alicyclic amines) is 1. The van der Waals surface area contributed by atoms with E-state index >= 15 is 0 Å². The third-order valence-corrected chi connectivity index (χ3v) is 14.0. The van der Waals surface area contributed by atoms with Gasteiger partial charge >= 0.3 is 0 Å². The maximum absolute atomic E-state index is 12.0. The van der Waals surface area contributed by atoms with Gasteiger partial charge in [0.1, 0.15) is 56.3 Å². The fourth-order valence-electron chi connectivity index (χ4n) is 9.04. The second kappa shape index (κ2) is 32.8. The number of fused-ring (bicyclic) bond motifs is 5. The zero-order valence-electron chi connectivity index (χ0n) is 51.3. The molecule has 5 aromatic carbocycles. The number of halogens is 1. The molecule has 10 aromatic rings. The van der Waals surface area contributed by atoms with Crippen molar-refractivity contribution in [1.82, 2.24) is 65.1 Å². The molecule has 0 bridgehead atoms. The van der Waals surface area contributed by atoms with E-state index in [4.69, 9.17) is 45.8 Å². The highest BCUT2D eigenvalue weighted by Gasteiger charge is 2.18. The van der Waals surface area contributed by atoms with Gasteiger partial charge in [0, 0.05) is 57.5 Å². The Hall–Kier alpha value is -10.2. The number of hydrogen-bond donors (Lipinski definition) is 4. The number of aromatic nitrogens is 15. The van der Waals surface area contributed by atoms with Crippen molar-refractivity contribution >= 4 is 90.6 Å². The van der Waals surface area contributed by atoms with Gasteiger partial charge in [-0.1, -0.05) is 6.42 Å². The Morgan fingerprint density at radius 3 is 1.16 bits per heavy atom. The predicted molar refractivity (Wildman–Crippen MR) is 336 cm³/mol.